The number of carbonyl (C=O) groups is 1. The second-order valence-electron chi connectivity index (χ2n) is 3.71. The number of ether oxygens (including phenoxy) is 1. The summed E-state index contributed by atoms with van der Waals surface area (Å²) in [5, 5.41) is 8.75. The zero-order valence-electron chi connectivity index (χ0n) is 10.7. The van der Waals surface area contributed by atoms with Gasteiger partial charge in [0.2, 0.25) is 10.0 Å². The summed E-state index contributed by atoms with van der Waals surface area (Å²) in [5.74, 6) is -0.620. The number of hydrogen-bond donors (Lipinski definition) is 0. The first-order valence-corrected chi connectivity index (χ1v) is 6.98. The van der Waals surface area contributed by atoms with Crippen molar-refractivity contribution in [3.8, 4) is 6.07 Å². The summed E-state index contributed by atoms with van der Waals surface area (Å²) in [6.07, 6.45) is 0. The van der Waals surface area contributed by atoms with E-state index in [9.17, 15) is 13.2 Å². The van der Waals surface area contributed by atoms with Crippen molar-refractivity contribution in [2.45, 2.75) is 11.8 Å². The van der Waals surface area contributed by atoms with Crippen molar-refractivity contribution >= 4 is 16.0 Å². The highest BCUT2D eigenvalue weighted by atomic mass is 32.2. The Balaban J connectivity index is 2.97. The summed E-state index contributed by atoms with van der Waals surface area (Å²) in [7, 11) is -2.52. The molecule has 19 heavy (non-hydrogen) atoms. The van der Waals surface area contributed by atoms with Crippen LogP contribution >= 0.6 is 0 Å². The molecular weight excluding hydrogens is 268 g/mol. The van der Waals surface area contributed by atoms with Gasteiger partial charge in [-0.15, -0.1) is 0 Å². The molecule has 0 radical (unpaired) electrons. The summed E-state index contributed by atoms with van der Waals surface area (Å²) in [6, 6.07) is 7.48. The van der Waals surface area contributed by atoms with Crippen molar-refractivity contribution in [3.63, 3.8) is 0 Å². The molecule has 0 aliphatic heterocycles. The van der Waals surface area contributed by atoms with Crippen LogP contribution in [-0.4, -0.2) is 38.9 Å². The lowest BCUT2D eigenvalue weighted by atomic mass is 10.2. The smallest absolute Gasteiger partial charge is 0.321 e. The maximum Gasteiger partial charge on any atom is 0.321 e. The van der Waals surface area contributed by atoms with Gasteiger partial charge >= 0.3 is 5.97 Å². The second kappa shape index (κ2) is 6.31. The molecule has 0 fully saturated rings. The topological polar surface area (TPSA) is 87.5 Å². The molecule has 1 aromatic rings. The zero-order valence-corrected chi connectivity index (χ0v) is 11.5. The predicted octanol–water partition coefficient (Wildman–Crippen LogP) is 0.742. The van der Waals surface area contributed by atoms with E-state index in [0.717, 1.165) is 4.31 Å². The molecule has 0 aliphatic rings. The molecule has 0 atom stereocenters. The molecule has 0 bridgehead atoms. The monoisotopic (exact) mass is 282 g/mol. The van der Waals surface area contributed by atoms with Crippen LogP contribution in [0.1, 0.15) is 12.5 Å². The van der Waals surface area contributed by atoms with Gasteiger partial charge in [-0.2, -0.15) is 9.57 Å². The van der Waals surface area contributed by atoms with Gasteiger partial charge in [0.25, 0.3) is 0 Å². The first-order chi connectivity index (χ1) is 8.91. The van der Waals surface area contributed by atoms with E-state index in [2.05, 4.69) is 0 Å². The van der Waals surface area contributed by atoms with E-state index < -0.39 is 16.0 Å². The maximum atomic E-state index is 12.1. The SMILES string of the molecule is CCOC(=O)CN(C)S(=O)(=O)c1cccc(C#N)c1. The van der Waals surface area contributed by atoms with Gasteiger partial charge in [-0.1, -0.05) is 6.07 Å². The third-order valence-corrected chi connectivity index (χ3v) is 4.13. The van der Waals surface area contributed by atoms with Gasteiger partial charge in [0.15, 0.2) is 0 Å². The lowest BCUT2D eigenvalue weighted by molar-refractivity contribution is -0.143. The lowest BCUT2D eigenvalue weighted by Gasteiger charge is -2.16. The van der Waals surface area contributed by atoms with Crippen LogP contribution in [-0.2, 0) is 19.6 Å². The minimum atomic E-state index is -3.80. The third kappa shape index (κ3) is 3.77. The van der Waals surface area contributed by atoms with Crippen LogP contribution < -0.4 is 0 Å². The third-order valence-electron chi connectivity index (χ3n) is 2.33. The first-order valence-electron chi connectivity index (χ1n) is 5.54. The summed E-state index contributed by atoms with van der Waals surface area (Å²) in [5.41, 5.74) is 0.241. The molecular formula is C12H14N2O4S. The Morgan fingerprint density at radius 3 is 2.74 bits per heavy atom. The Kier molecular flexibility index (Phi) is 5.03. The van der Waals surface area contributed by atoms with E-state index in [-0.39, 0.29) is 23.6 Å². The molecule has 102 valence electrons. The average molecular weight is 282 g/mol. The van der Waals surface area contributed by atoms with Gasteiger partial charge in [0, 0.05) is 7.05 Å². The van der Waals surface area contributed by atoms with E-state index in [1.54, 1.807) is 6.92 Å². The summed E-state index contributed by atoms with van der Waals surface area (Å²) in [6.45, 7) is 1.46. The largest absolute Gasteiger partial charge is 0.465 e. The second-order valence-corrected chi connectivity index (χ2v) is 5.75. The van der Waals surface area contributed by atoms with E-state index in [1.165, 1.54) is 31.3 Å². The van der Waals surface area contributed by atoms with Crippen LogP contribution in [0.2, 0.25) is 0 Å². The fourth-order valence-electron chi connectivity index (χ4n) is 1.38. The van der Waals surface area contributed by atoms with Gasteiger partial charge in [0.1, 0.15) is 6.54 Å². The normalized spacial score (nSPS) is 11.1. The first kappa shape index (κ1) is 15.1. The highest BCUT2D eigenvalue weighted by Crippen LogP contribution is 2.15. The molecule has 0 aliphatic carbocycles. The van der Waals surface area contributed by atoms with Crippen LogP contribution in [0.4, 0.5) is 0 Å². The van der Waals surface area contributed by atoms with Crippen molar-refractivity contribution in [3.05, 3.63) is 29.8 Å². The average Bonchev–Trinajstić information content (AvgIpc) is 2.38. The van der Waals surface area contributed by atoms with Crippen molar-refractivity contribution < 1.29 is 17.9 Å². The van der Waals surface area contributed by atoms with Crippen molar-refractivity contribution in [1.82, 2.24) is 4.31 Å². The van der Waals surface area contributed by atoms with Gasteiger partial charge in [-0.3, -0.25) is 4.79 Å². The van der Waals surface area contributed by atoms with Crippen LogP contribution in [0, 0.1) is 11.3 Å². The lowest BCUT2D eigenvalue weighted by Crippen LogP contribution is -2.33. The molecule has 0 amide bonds. The summed E-state index contributed by atoms with van der Waals surface area (Å²) >= 11 is 0. The number of carbonyl (C=O) groups excluding carboxylic acids is 1. The highest BCUT2D eigenvalue weighted by Gasteiger charge is 2.23. The number of hydrogen-bond acceptors (Lipinski definition) is 5. The van der Waals surface area contributed by atoms with Crippen molar-refractivity contribution in [2.24, 2.45) is 0 Å². The fourth-order valence-corrected chi connectivity index (χ4v) is 2.54. The number of esters is 1. The molecule has 0 aromatic heterocycles. The van der Waals surface area contributed by atoms with Gasteiger partial charge in [0.05, 0.1) is 23.1 Å². The highest BCUT2D eigenvalue weighted by molar-refractivity contribution is 7.89. The molecule has 1 aromatic carbocycles. The van der Waals surface area contributed by atoms with Crippen LogP contribution in [0.25, 0.3) is 0 Å². The molecule has 6 nitrogen and oxygen atoms in total. The summed E-state index contributed by atoms with van der Waals surface area (Å²) in [4.78, 5) is 11.2. The van der Waals surface area contributed by atoms with Crippen LogP contribution in [0.3, 0.4) is 0 Å². The number of sulfonamides is 1. The van der Waals surface area contributed by atoms with Crippen molar-refractivity contribution in [1.29, 1.82) is 5.26 Å². The zero-order chi connectivity index (χ0) is 14.5. The number of nitriles is 1. The van der Waals surface area contributed by atoms with E-state index >= 15 is 0 Å². The molecule has 7 heteroatoms. The minimum absolute atomic E-state index is 0.0293. The molecule has 0 unspecified atom stereocenters. The Bertz CT molecular complexity index is 604. The van der Waals surface area contributed by atoms with Gasteiger partial charge in [-0.25, -0.2) is 8.42 Å². The molecule has 0 heterocycles. The van der Waals surface area contributed by atoms with E-state index in [4.69, 9.17) is 10.00 Å². The Morgan fingerprint density at radius 2 is 2.16 bits per heavy atom. The standard InChI is InChI=1S/C12H14N2O4S/c1-3-18-12(15)9-14(2)19(16,17)11-6-4-5-10(7-11)8-13/h4-7H,3,9H2,1-2H3. The maximum absolute atomic E-state index is 12.1. The number of benzene rings is 1. The van der Waals surface area contributed by atoms with Crippen LogP contribution in [0.15, 0.2) is 29.2 Å². The molecule has 0 saturated heterocycles. The quantitative estimate of drug-likeness (QED) is 0.743. The molecule has 0 spiro atoms. The summed E-state index contributed by atoms with van der Waals surface area (Å²) < 4.78 is 29.9. The number of likely N-dealkylation sites (N-methyl/N-ethyl adjacent to an activating group) is 1. The van der Waals surface area contributed by atoms with Crippen LogP contribution in [0.5, 0.6) is 0 Å². The van der Waals surface area contributed by atoms with E-state index in [0.29, 0.717) is 0 Å². The number of rotatable bonds is 5. The van der Waals surface area contributed by atoms with Gasteiger partial charge in [-0.05, 0) is 25.1 Å². The van der Waals surface area contributed by atoms with Crippen molar-refractivity contribution in [2.75, 3.05) is 20.2 Å². The Morgan fingerprint density at radius 1 is 1.47 bits per heavy atom. The minimum Gasteiger partial charge on any atom is -0.465 e. The fraction of sp³-hybridized carbons (Fsp3) is 0.333. The predicted molar refractivity (Wildman–Crippen MR) is 67.6 cm³/mol. The molecule has 1 rings (SSSR count). The molecule has 0 N–H and O–H groups in total. The Labute approximate surface area is 112 Å². The Hall–Kier alpha value is -1.91. The van der Waals surface area contributed by atoms with E-state index in [1.807, 2.05) is 6.07 Å². The molecule has 0 saturated carbocycles. The van der Waals surface area contributed by atoms with Gasteiger partial charge < -0.3 is 4.74 Å². The number of nitrogens with zero attached hydrogens (tertiary/aromatic N) is 2.